The van der Waals surface area contributed by atoms with Crippen LogP contribution in [0.4, 0.5) is 0 Å². The maximum absolute atomic E-state index is 8.34. The average Bonchev–Trinajstić information content (AvgIpc) is 3.48. The fourth-order valence-electron chi connectivity index (χ4n) is 6.87. The monoisotopic (exact) mass is 617 g/mol. The Morgan fingerprint density at radius 1 is 0.784 bits per heavy atom. The van der Waals surface area contributed by atoms with Crippen LogP contribution in [0.15, 0.2) is 96.6 Å². The molecule has 0 aromatic heterocycles. The number of hydrogen-bond acceptors (Lipinski definition) is 0. The van der Waals surface area contributed by atoms with Gasteiger partial charge in [0, 0.05) is 0 Å². The SMILES string of the molecule is CCCC1=Cc2c(-c3ccccc3)cccc2[CH]1[Zr]([Cl])([Cl])([c]1cccc2c1Cc1ccccc1-2)[SiH](C)C. The van der Waals surface area contributed by atoms with Gasteiger partial charge >= 0.3 is 232 Å². The molecule has 0 saturated heterocycles. The Balaban J connectivity index is 1.61. The molecule has 1 atom stereocenters. The minimum absolute atomic E-state index is 0.130. The van der Waals surface area contributed by atoms with Crippen molar-refractivity contribution in [3.05, 3.63) is 119 Å². The second-order valence-electron chi connectivity index (χ2n) is 11.0. The van der Waals surface area contributed by atoms with Gasteiger partial charge in [-0.05, 0) is 0 Å². The standard InChI is InChI=1S/C18H17.C13H9.C2H7Si.2ClH.Zr/c1-2-7-14-12-16-10-6-11-17(18(16)13-14)15-8-4-3-5-9-15;1-3-7-12-10(5-1)9-11-6-2-4-8-13(11)12;1-3-2;;;/h3-6,8-13H,2,7H2,1H3;1-5,7-8H,9H2;3H,1-2H3;2*1H;/q;;;;;+2/p-2. The summed E-state index contributed by atoms with van der Waals surface area (Å²) in [5, 5.41) is 0. The molecule has 37 heavy (non-hydrogen) atoms. The summed E-state index contributed by atoms with van der Waals surface area (Å²) in [6, 6.07) is 33.1. The van der Waals surface area contributed by atoms with Crippen LogP contribution in [0.25, 0.3) is 28.3 Å². The van der Waals surface area contributed by atoms with E-state index in [0.29, 0.717) is 0 Å². The van der Waals surface area contributed by atoms with Gasteiger partial charge in [-0.1, -0.05) is 0 Å². The molecule has 2 aliphatic carbocycles. The topological polar surface area (TPSA) is 0 Å². The van der Waals surface area contributed by atoms with Crippen LogP contribution in [0, 0.1) is 0 Å². The molecule has 0 fully saturated rings. The van der Waals surface area contributed by atoms with E-state index in [1.807, 2.05) is 0 Å². The molecule has 0 nitrogen and oxygen atoms in total. The Bertz CT molecular complexity index is 1540. The van der Waals surface area contributed by atoms with Crippen molar-refractivity contribution in [1.82, 2.24) is 0 Å². The van der Waals surface area contributed by atoms with Crippen molar-refractivity contribution in [2.45, 2.75) is 42.9 Å². The Morgan fingerprint density at radius 2 is 1.46 bits per heavy atom. The van der Waals surface area contributed by atoms with Crippen molar-refractivity contribution in [2.75, 3.05) is 0 Å². The summed E-state index contributed by atoms with van der Waals surface area (Å²) in [6.07, 6.45) is 5.52. The molecule has 0 heterocycles. The van der Waals surface area contributed by atoms with E-state index in [-0.39, 0.29) is 3.63 Å². The molecule has 0 amide bonds. The zero-order chi connectivity index (χ0) is 25.8. The van der Waals surface area contributed by atoms with Crippen molar-refractivity contribution in [1.29, 1.82) is 0 Å². The van der Waals surface area contributed by atoms with Crippen LogP contribution in [0.1, 0.15) is 45.6 Å². The third-order valence-electron chi connectivity index (χ3n) is 8.73. The van der Waals surface area contributed by atoms with E-state index in [1.54, 1.807) is 0 Å². The molecule has 0 radical (unpaired) electrons. The number of fused-ring (bicyclic) bond motifs is 4. The number of rotatable bonds is 6. The van der Waals surface area contributed by atoms with E-state index in [0.717, 1.165) is 19.3 Å². The Kier molecular flexibility index (Phi) is 6.56. The quantitative estimate of drug-likeness (QED) is 0.166. The molecule has 6 rings (SSSR count). The van der Waals surface area contributed by atoms with E-state index in [1.165, 1.54) is 53.4 Å². The molecule has 2 aliphatic rings. The maximum atomic E-state index is 8.34. The van der Waals surface area contributed by atoms with Crippen LogP contribution in [0.3, 0.4) is 0 Å². The van der Waals surface area contributed by atoms with Gasteiger partial charge in [-0.2, -0.15) is 0 Å². The number of hydrogen-bond donors (Lipinski definition) is 0. The Labute approximate surface area is 230 Å². The number of halogens is 2. The molecule has 0 aliphatic heterocycles. The summed E-state index contributed by atoms with van der Waals surface area (Å²) >= 11 is -4.67. The molecule has 0 spiro atoms. The van der Waals surface area contributed by atoms with Crippen molar-refractivity contribution in [3.63, 3.8) is 0 Å². The van der Waals surface area contributed by atoms with Gasteiger partial charge in [0.1, 0.15) is 0 Å². The van der Waals surface area contributed by atoms with E-state index in [4.69, 9.17) is 17.0 Å². The molecule has 0 saturated carbocycles. The molecule has 0 N–H and O–H groups in total. The first-order chi connectivity index (χ1) is 17.8. The van der Waals surface area contributed by atoms with Crippen molar-refractivity contribution < 1.29 is 15.6 Å². The summed E-state index contributed by atoms with van der Waals surface area (Å²) in [5.74, 6) is -1.54. The summed E-state index contributed by atoms with van der Waals surface area (Å²) in [4.78, 5) is 0. The van der Waals surface area contributed by atoms with E-state index < -0.39 is 21.5 Å². The normalized spacial score (nSPS) is 17.1. The molecule has 0 bridgehead atoms. The molecule has 4 aromatic rings. The molecular weight excluding hydrogens is 587 g/mol. The van der Waals surface area contributed by atoms with Crippen LogP contribution in [-0.2, 0) is 22.0 Å². The molecule has 187 valence electrons. The fraction of sp³-hybridized carbons (Fsp3) is 0.212. The third kappa shape index (κ3) is 3.86. The first-order valence-electron chi connectivity index (χ1n) is 13.5. The van der Waals surface area contributed by atoms with Gasteiger partial charge in [-0.25, -0.2) is 0 Å². The first-order valence-corrected chi connectivity index (χ1v) is 29.6. The van der Waals surface area contributed by atoms with Gasteiger partial charge in [0.15, 0.2) is 0 Å². The van der Waals surface area contributed by atoms with Crippen molar-refractivity contribution >= 4 is 32.3 Å². The number of allylic oxidation sites excluding steroid dienone is 1. The molecule has 1 unspecified atom stereocenters. The summed E-state index contributed by atoms with van der Waals surface area (Å²) in [6.45, 7) is 7.10. The van der Waals surface area contributed by atoms with Crippen LogP contribution in [0.5, 0.6) is 0 Å². The predicted octanol–water partition coefficient (Wildman–Crippen LogP) is 9.47. The van der Waals surface area contributed by atoms with Gasteiger partial charge in [0.05, 0.1) is 0 Å². The molecule has 4 aromatic carbocycles. The fourth-order valence-corrected chi connectivity index (χ4v) is 34.7. The Morgan fingerprint density at radius 3 is 2.22 bits per heavy atom. The van der Waals surface area contributed by atoms with Crippen LogP contribution >= 0.6 is 17.0 Å². The van der Waals surface area contributed by atoms with E-state index >= 15 is 0 Å². The zero-order valence-corrected chi connectivity index (χ0v) is 26.9. The van der Waals surface area contributed by atoms with Gasteiger partial charge in [0.25, 0.3) is 0 Å². The van der Waals surface area contributed by atoms with Gasteiger partial charge in [-0.15, -0.1) is 0 Å². The summed E-state index contributed by atoms with van der Waals surface area (Å²) in [5.41, 5.74) is 12.1. The van der Waals surface area contributed by atoms with Gasteiger partial charge in [0.2, 0.25) is 0 Å². The van der Waals surface area contributed by atoms with Gasteiger partial charge < -0.3 is 0 Å². The number of benzene rings is 4. The Hall–Kier alpha value is -1.70. The van der Waals surface area contributed by atoms with E-state index in [9.17, 15) is 0 Å². The summed E-state index contributed by atoms with van der Waals surface area (Å²) in [7, 11) is 16.7. The van der Waals surface area contributed by atoms with Crippen LogP contribution in [0.2, 0.25) is 13.1 Å². The molecule has 4 heteroatoms. The zero-order valence-electron chi connectivity index (χ0n) is 21.8. The van der Waals surface area contributed by atoms with E-state index in [2.05, 4.69) is 117 Å². The van der Waals surface area contributed by atoms with Crippen molar-refractivity contribution in [3.8, 4) is 22.3 Å². The molecular formula is C33H33Cl2SiZr. The third-order valence-corrected chi connectivity index (χ3v) is 58.7. The minimum atomic E-state index is -4.67. The van der Waals surface area contributed by atoms with Crippen LogP contribution in [-0.4, -0.2) is 5.92 Å². The first kappa shape index (κ1) is 25.6. The average molecular weight is 620 g/mol. The van der Waals surface area contributed by atoms with Crippen LogP contribution < -0.4 is 3.27 Å². The second-order valence-corrected chi connectivity index (χ2v) is 52.5. The second kappa shape index (κ2) is 9.49. The summed E-state index contributed by atoms with van der Waals surface area (Å²) < 4.78 is 1.45. The predicted molar refractivity (Wildman–Crippen MR) is 162 cm³/mol. The van der Waals surface area contributed by atoms with Crippen molar-refractivity contribution in [2.24, 2.45) is 0 Å². The van der Waals surface area contributed by atoms with Gasteiger partial charge in [-0.3, -0.25) is 0 Å².